The number of furan rings is 1. The molecule has 170 valence electrons. The fourth-order valence-corrected chi connectivity index (χ4v) is 5.02. The second-order valence-corrected chi connectivity index (χ2v) is 9.63. The lowest BCUT2D eigenvalue weighted by Crippen LogP contribution is -2.65. The number of fused-ring (bicyclic) bond motifs is 3. The van der Waals surface area contributed by atoms with Crippen LogP contribution in [0.15, 0.2) is 22.8 Å². The highest BCUT2D eigenvalue weighted by atomic mass is 16.5. The molecule has 3 atom stereocenters. The summed E-state index contributed by atoms with van der Waals surface area (Å²) in [6.07, 6.45) is 6.94. The van der Waals surface area contributed by atoms with Gasteiger partial charge in [0.1, 0.15) is 11.2 Å². The molecule has 2 aromatic heterocycles. The van der Waals surface area contributed by atoms with Gasteiger partial charge in [-0.2, -0.15) is 0 Å². The van der Waals surface area contributed by atoms with Gasteiger partial charge >= 0.3 is 0 Å². The average Bonchev–Trinajstić information content (AvgIpc) is 3.31. The summed E-state index contributed by atoms with van der Waals surface area (Å²) in [5, 5.41) is 3.30. The van der Waals surface area contributed by atoms with Gasteiger partial charge in [0.05, 0.1) is 24.4 Å². The van der Waals surface area contributed by atoms with Crippen molar-refractivity contribution in [3.05, 3.63) is 24.1 Å². The van der Waals surface area contributed by atoms with E-state index in [1.54, 1.807) is 17.2 Å². The van der Waals surface area contributed by atoms with Crippen molar-refractivity contribution in [3.63, 3.8) is 0 Å². The molecule has 0 bridgehead atoms. The molecule has 3 heterocycles. The topological polar surface area (TPSA) is 76.7 Å². The molecule has 1 aliphatic carbocycles. The maximum Gasteiger partial charge on any atom is 0.271 e. The van der Waals surface area contributed by atoms with Crippen LogP contribution in [0.3, 0.4) is 0 Å². The molecule has 7 heteroatoms. The fraction of sp³-hybridized carbons (Fsp3) is 0.667. The van der Waals surface area contributed by atoms with Crippen molar-refractivity contribution in [2.75, 3.05) is 13.2 Å². The number of carbonyl (C=O) groups is 2. The van der Waals surface area contributed by atoms with E-state index >= 15 is 0 Å². The number of nitrogens with zero attached hydrogens (tertiary/aromatic N) is 2. The molecule has 0 aromatic carbocycles. The number of ether oxygens (including phenoxy) is 1. The third kappa shape index (κ3) is 4.12. The zero-order chi connectivity index (χ0) is 22.2. The van der Waals surface area contributed by atoms with Gasteiger partial charge in [-0.05, 0) is 46.0 Å². The molecule has 2 aliphatic rings. The molecule has 0 saturated heterocycles. The highest BCUT2D eigenvalue weighted by Gasteiger charge is 2.48. The van der Waals surface area contributed by atoms with Crippen molar-refractivity contribution in [2.45, 2.75) is 84.0 Å². The van der Waals surface area contributed by atoms with Crippen LogP contribution in [0.25, 0.3) is 11.1 Å². The van der Waals surface area contributed by atoms with Gasteiger partial charge in [0, 0.05) is 31.3 Å². The lowest BCUT2D eigenvalue weighted by atomic mass is 9.85. The average molecular weight is 430 g/mol. The summed E-state index contributed by atoms with van der Waals surface area (Å²) in [6, 6.07) is 3.81. The van der Waals surface area contributed by atoms with Crippen LogP contribution in [0.1, 0.15) is 70.3 Å². The van der Waals surface area contributed by atoms with Crippen LogP contribution in [0.4, 0.5) is 0 Å². The van der Waals surface area contributed by atoms with Crippen molar-refractivity contribution in [1.29, 1.82) is 0 Å². The first-order valence-electron chi connectivity index (χ1n) is 11.6. The highest BCUT2D eigenvalue weighted by Crippen LogP contribution is 2.33. The largest absolute Gasteiger partial charge is 0.463 e. The van der Waals surface area contributed by atoms with Gasteiger partial charge in [-0.3, -0.25) is 9.59 Å². The Bertz CT molecular complexity index is 946. The Morgan fingerprint density at radius 2 is 2.13 bits per heavy atom. The van der Waals surface area contributed by atoms with Crippen LogP contribution in [0.2, 0.25) is 0 Å². The van der Waals surface area contributed by atoms with Crippen molar-refractivity contribution >= 4 is 22.9 Å². The Morgan fingerprint density at radius 3 is 2.87 bits per heavy atom. The maximum absolute atomic E-state index is 13.7. The summed E-state index contributed by atoms with van der Waals surface area (Å²) in [5.41, 5.74) is 1.14. The van der Waals surface area contributed by atoms with E-state index in [0.29, 0.717) is 43.3 Å². The zero-order valence-electron chi connectivity index (χ0n) is 19.1. The summed E-state index contributed by atoms with van der Waals surface area (Å²) in [4.78, 5) is 28.9. The van der Waals surface area contributed by atoms with Crippen LogP contribution in [-0.2, 0) is 16.1 Å². The second kappa shape index (κ2) is 8.69. The van der Waals surface area contributed by atoms with Crippen LogP contribution in [0.5, 0.6) is 0 Å². The first-order chi connectivity index (χ1) is 14.8. The monoisotopic (exact) mass is 429 g/mol. The van der Waals surface area contributed by atoms with Crippen LogP contribution in [0, 0.1) is 5.92 Å². The Morgan fingerprint density at radius 1 is 1.35 bits per heavy atom. The van der Waals surface area contributed by atoms with Gasteiger partial charge in [0.2, 0.25) is 5.91 Å². The third-order valence-corrected chi connectivity index (χ3v) is 6.94. The lowest BCUT2D eigenvalue weighted by Gasteiger charge is -2.45. The number of hydrogen-bond acceptors (Lipinski definition) is 4. The molecular formula is C24H35N3O4. The van der Waals surface area contributed by atoms with Gasteiger partial charge in [-0.1, -0.05) is 19.8 Å². The number of carbonyl (C=O) groups excluding carboxylic acids is 2. The molecule has 1 aliphatic heterocycles. The Hall–Kier alpha value is -2.28. The van der Waals surface area contributed by atoms with E-state index < -0.39 is 5.54 Å². The molecule has 1 fully saturated rings. The van der Waals surface area contributed by atoms with Gasteiger partial charge < -0.3 is 23.9 Å². The molecule has 1 saturated carbocycles. The van der Waals surface area contributed by atoms with E-state index in [9.17, 15) is 9.59 Å². The van der Waals surface area contributed by atoms with Gasteiger partial charge in [0.25, 0.3) is 5.91 Å². The summed E-state index contributed by atoms with van der Waals surface area (Å²) in [6.45, 7) is 9.54. The van der Waals surface area contributed by atoms with Crippen molar-refractivity contribution in [1.82, 2.24) is 14.8 Å². The molecule has 2 aromatic rings. The van der Waals surface area contributed by atoms with Crippen LogP contribution < -0.4 is 5.32 Å². The van der Waals surface area contributed by atoms with E-state index in [0.717, 1.165) is 24.8 Å². The molecule has 1 N–H and O–H groups in total. The molecule has 31 heavy (non-hydrogen) atoms. The van der Waals surface area contributed by atoms with E-state index in [4.69, 9.17) is 9.15 Å². The predicted molar refractivity (Wildman–Crippen MR) is 119 cm³/mol. The molecule has 4 rings (SSSR count). The van der Waals surface area contributed by atoms with Crippen molar-refractivity contribution in [2.24, 2.45) is 5.92 Å². The predicted octanol–water partition coefficient (Wildman–Crippen LogP) is 3.96. The quantitative estimate of drug-likeness (QED) is 0.676. The van der Waals surface area contributed by atoms with Gasteiger partial charge in [-0.25, -0.2) is 0 Å². The van der Waals surface area contributed by atoms with Crippen molar-refractivity contribution < 1.29 is 18.7 Å². The fourth-order valence-electron chi connectivity index (χ4n) is 5.02. The van der Waals surface area contributed by atoms with Crippen molar-refractivity contribution in [3.8, 4) is 0 Å². The summed E-state index contributed by atoms with van der Waals surface area (Å²) >= 11 is 0. The first-order valence-corrected chi connectivity index (χ1v) is 11.6. The molecule has 0 radical (unpaired) electrons. The lowest BCUT2D eigenvalue weighted by molar-refractivity contribution is -0.134. The number of amides is 2. The minimum atomic E-state index is -0.970. The Balaban J connectivity index is 1.61. The maximum atomic E-state index is 13.7. The Labute approximate surface area is 184 Å². The van der Waals surface area contributed by atoms with E-state index in [2.05, 4.69) is 12.2 Å². The standard InChI is InChI=1S/C24H35N3O4/c1-16(2)30-12-7-11-27-22(28)20-14-21-19(10-13-31-21)26(20)15-24(27,4)23(29)25-18-9-6-5-8-17(18)3/h10,13-14,16-18H,5-9,11-12,15H2,1-4H3,(H,25,29)/t17-,18-,24+/m0/s1. The smallest absolute Gasteiger partial charge is 0.271 e. The van der Waals surface area contributed by atoms with Gasteiger partial charge in [-0.15, -0.1) is 0 Å². The van der Waals surface area contributed by atoms with E-state index in [1.165, 1.54) is 6.42 Å². The highest BCUT2D eigenvalue weighted by molar-refractivity contribution is 6.02. The first kappa shape index (κ1) is 21.9. The van der Waals surface area contributed by atoms with E-state index in [1.807, 2.05) is 31.4 Å². The number of nitrogens with one attached hydrogen (secondary N) is 1. The van der Waals surface area contributed by atoms with Crippen LogP contribution >= 0.6 is 0 Å². The molecular weight excluding hydrogens is 394 g/mol. The minimum Gasteiger partial charge on any atom is -0.463 e. The molecule has 0 unspecified atom stereocenters. The minimum absolute atomic E-state index is 0.0691. The molecule has 7 nitrogen and oxygen atoms in total. The molecule has 2 amide bonds. The summed E-state index contributed by atoms with van der Waals surface area (Å²) < 4.78 is 13.1. The van der Waals surface area contributed by atoms with E-state index in [-0.39, 0.29) is 24.0 Å². The number of hydrogen-bond donors (Lipinski definition) is 1. The third-order valence-electron chi connectivity index (χ3n) is 6.94. The Kier molecular flexibility index (Phi) is 6.15. The molecule has 0 spiro atoms. The van der Waals surface area contributed by atoms with Crippen LogP contribution in [-0.4, -0.2) is 52.1 Å². The summed E-state index contributed by atoms with van der Waals surface area (Å²) in [5.74, 6) is 0.258. The normalized spacial score (nSPS) is 26.5. The number of rotatable bonds is 7. The SMILES string of the molecule is CC(C)OCCCN1C(=O)c2cc3occc3n2C[C@]1(C)C(=O)N[C@H]1CCCC[C@@H]1C. The number of aromatic nitrogens is 1. The summed E-state index contributed by atoms with van der Waals surface area (Å²) in [7, 11) is 0. The second-order valence-electron chi connectivity index (χ2n) is 9.63. The zero-order valence-corrected chi connectivity index (χ0v) is 19.1. The van der Waals surface area contributed by atoms with Gasteiger partial charge in [0.15, 0.2) is 5.58 Å².